The van der Waals surface area contributed by atoms with E-state index in [4.69, 9.17) is 12.2 Å². The second kappa shape index (κ2) is 4.94. The molecule has 4 nitrogen and oxygen atoms in total. The van der Waals surface area contributed by atoms with E-state index in [0.29, 0.717) is 0 Å². The number of H-pyrrole nitrogens is 1. The van der Waals surface area contributed by atoms with Gasteiger partial charge in [-0.3, -0.25) is 4.68 Å². The SMILES string of the molecule is Cn1cc(CCn2c(=S)[nH]c3cc(Br)ccc32)cn1. The molecule has 1 aromatic carbocycles. The number of aryl methyl sites for hydroxylation is 3. The number of imidazole rings is 1. The Hall–Kier alpha value is -1.40. The molecule has 2 heterocycles. The minimum absolute atomic E-state index is 0.761. The average molecular weight is 337 g/mol. The van der Waals surface area contributed by atoms with E-state index < -0.39 is 0 Å². The normalized spacial score (nSPS) is 11.3. The monoisotopic (exact) mass is 336 g/mol. The molecule has 0 unspecified atom stereocenters. The van der Waals surface area contributed by atoms with Crippen molar-refractivity contribution in [1.29, 1.82) is 0 Å². The highest BCUT2D eigenvalue weighted by atomic mass is 79.9. The topological polar surface area (TPSA) is 38.5 Å². The first-order valence-electron chi connectivity index (χ1n) is 5.99. The summed E-state index contributed by atoms with van der Waals surface area (Å²) in [7, 11) is 1.93. The van der Waals surface area contributed by atoms with E-state index in [1.54, 1.807) is 0 Å². The number of benzene rings is 1. The van der Waals surface area contributed by atoms with Gasteiger partial charge in [0.05, 0.1) is 17.2 Å². The molecule has 0 amide bonds. The molecule has 0 aliphatic heterocycles. The minimum atomic E-state index is 0.761. The van der Waals surface area contributed by atoms with Crippen molar-refractivity contribution in [2.75, 3.05) is 0 Å². The molecule has 0 atom stereocenters. The van der Waals surface area contributed by atoms with E-state index in [1.807, 2.05) is 36.3 Å². The first-order valence-corrected chi connectivity index (χ1v) is 7.19. The first kappa shape index (κ1) is 12.6. The van der Waals surface area contributed by atoms with Crippen molar-refractivity contribution in [1.82, 2.24) is 19.3 Å². The molecule has 3 rings (SSSR count). The highest BCUT2D eigenvalue weighted by molar-refractivity contribution is 9.10. The summed E-state index contributed by atoms with van der Waals surface area (Å²) >= 11 is 8.86. The van der Waals surface area contributed by atoms with Gasteiger partial charge in [0.2, 0.25) is 0 Å². The Labute approximate surface area is 124 Å². The number of rotatable bonds is 3. The Balaban J connectivity index is 1.92. The third-order valence-electron chi connectivity index (χ3n) is 3.12. The van der Waals surface area contributed by atoms with Crippen molar-refractivity contribution in [3.8, 4) is 0 Å². The van der Waals surface area contributed by atoms with Gasteiger partial charge in [0.1, 0.15) is 0 Å². The van der Waals surface area contributed by atoms with E-state index in [0.717, 1.165) is 33.2 Å². The summed E-state index contributed by atoms with van der Waals surface area (Å²) in [5.41, 5.74) is 3.42. The maximum atomic E-state index is 5.39. The van der Waals surface area contributed by atoms with Crippen molar-refractivity contribution >= 4 is 39.2 Å². The Morgan fingerprint density at radius 3 is 3.00 bits per heavy atom. The number of fused-ring (bicyclic) bond motifs is 1. The molecule has 0 bridgehead atoms. The van der Waals surface area contributed by atoms with Gasteiger partial charge in [0, 0.05) is 24.3 Å². The quantitative estimate of drug-likeness (QED) is 0.744. The van der Waals surface area contributed by atoms with Crippen LogP contribution in [-0.2, 0) is 20.0 Å². The van der Waals surface area contributed by atoms with Crippen molar-refractivity contribution < 1.29 is 0 Å². The summed E-state index contributed by atoms with van der Waals surface area (Å²) in [5.74, 6) is 0. The van der Waals surface area contributed by atoms with Crippen molar-refractivity contribution in [3.63, 3.8) is 0 Å². The molecule has 0 radical (unpaired) electrons. The Morgan fingerprint density at radius 1 is 1.42 bits per heavy atom. The van der Waals surface area contributed by atoms with Crippen LogP contribution in [-0.4, -0.2) is 19.3 Å². The Bertz CT molecular complexity index is 783. The number of halogens is 1. The molecule has 0 fully saturated rings. The standard InChI is InChI=1S/C13H13BrN4S/c1-17-8-9(7-15-17)4-5-18-12-3-2-10(14)6-11(12)16-13(18)19/h2-3,6-8H,4-5H2,1H3,(H,16,19). The molecule has 0 saturated heterocycles. The molecule has 1 N–H and O–H groups in total. The zero-order valence-electron chi connectivity index (χ0n) is 10.4. The van der Waals surface area contributed by atoms with Crippen LogP contribution in [0.4, 0.5) is 0 Å². The van der Waals surface area contributed by atoms with Gasteiger partial charge in [0.15, 0.2) is 4.77 Å². The van der Waals surface area contributed by atoms with Crippen LogP contribution in [0.3, 0.4) is 0 Å². The molecule has 0 spiro atoms. The predicted octanol–water partition coefficient (Wildman–Crippen LogP) is 3.44. The number of nitrogens with one attached hydrogen (secondary N) is 1. The fraction of sp³-hybridized carbons (Fsp3) is 0.231. The molecule has 19 heavy (non-hydrogen) atoms. The molecule has 6 heteroatoms. The molecular weight excluding hydrogens is 324 g/mol. The fourth-order valence-corrected chi connectivity index (χ4v) is 2.86. The Kier molecular flexibility index (Phi) is 3.28. The van der Waals surface area contributed by atoms with Crippen LogP contribution in [0, 0.1) is 4.77 Å². The maximum Gasteiger partial charge on any atom is 0.178 e. The van der Waals surface area contributed by atoms with E-state index in [-0.39, 0.29) is 0 Å². The van der Waals surface area contributed by atoms with Gasteiger partial charge >= 0.3 is 0 Å². The van der Waals surface area contributed by atoms with Crippen LogP contribution >= 0.6 is 28.1 Å². The van der Waals surface area contributed by atoms with Crippen molar-refractivity contribution in [2.45, 2.75) is 13.0 Å². The number of hydrogen-bond acceptors (Lipinski definition) is 2. The zero-order valence-corrected chi connectivity index (χ0v) is 12.8. The summed E-state index contributed by atoms with van der Waals surface area (Å²) < 4.78 is 5.76. The van der Waals surface area contributed by atoms with Crippen LogP contribution in [0.15, 0.2) is 35.1 Å². The highest BCUT2D eigenvalue weighted by Crippen LogP contribution is 2.19. The van der Waals surface area contributed by atoms with Gasteiger partial charge in [-0.25, -0.2) is 0 Å². The summed E-state index contributed by atoms with van der Waals surface area (Å²) in [6.07, 6.45) is 4.86. The lowest BCUT2D eigenvalue weighted by atomic mass is 10.2. The number of hydrogen-bond donors (Lipinski definition) is 1. The predicted molar refractivity (Wildman–Crippen MR) is 81.7 cm³/mol. The van der Waals surface area contributed by atoms with Crippen LogP contribution in [0.25, 0.3) is 11.0 Å². The molecule has 0 aliphatic carbocycles. The number of aromatic amines is 1. The minimum Gasteiger partial charge on any atom is -0.331 e. The zero-order chi connectivity index (χ0) is 13.4. The smallest absolute Gasteiger partial charge is 0.178 e. The highest BCUT2D eigenvalue weighted by Gasteiger charge is 2.05. The molecular formula is C13H13BrN4S. The van der Waals surface area contributed by atoms with Gasteiger partial charge in [0.25, 0.3) is 0 Å². The largest absolute Gasteiger partial charge is 0.331 e. The summed E-state index contributed by atoms with van der Waals surface area (Å²) in [6.45, 7) is 0.853. The second-order valence-electron chi connectivity index (χ2n) is 4.52. The third-order valence-corrected chi connectivity index (χ3v) is 3.93. The maximum absolute atomic E-state index is 5.39. The molecule has 0 saturated carbocycles. The van der Waals surface area contributed by atoms with E-state index in [2.05, 4.69) is 36.6 Å². The van der Waals surface area contributed by atoms with Crippen LogP contribution in [0.5, 0.6) is 0 Å². The van der Waals surface area contributed by atoms with Crippen molar-refractivity contribution in [2.24, 2.45) is 7.05 Å². The van der Waals surface area contributed by atoms with Crippen LogP contribution < -0.4 is 0 Å². The van der Waals surface area contributed by atoms with Gasteiger partial charge < -0.3 is 9.55 Å². The van der Waals surface area contributed by atoms with E-state index in [9.17, 15) is 0 Å². The van der Waals surface area contributed by atoms with Gasteiger partial charge in [-0.2, -0.15) is 5.10 Å². The van der Waals surface area contributed by atoms with E-state index in [1.165, 1.54) is 5.56 Å². The van der Waals surface area contributed by atoms with Gasteiger partial charge in [-0.05, 0) is 42.4 Å². The van der Waals surface area contributed by atoms with Gasteiger partial charge in [-0.15, -0.1) is 0 Å². The number of aromatic nitrogens is 4. The summed E-state index contributed by atoms with van der Waals surface area (Å²) in [6, 6.07) is 6.16. The molecule has 0 aliphatic rings. The molecule has 3 aromatic rings. The first-order chi connectivity index (χ1) is 9.13. The fourth-order valence-electron chi connectivity index (χ4n) is 2.20. The van der Waals surface area contributed by atoms with Crippen LogP contribution in [0.1, 0.15) is 5.56 Å². The van der Waals surface area contributed by atoms with E-state index >= 15 is 0 Å². The third kappa shape index (κ3) is 2.50. The van der Waals surface area contributed by atoms with Crippen LogP contribution in [0.2, 0.25) is 0 Å². The average Bonchev–Trinajstić information content (AvgIpc) is 2.89. The van der Waals surface area contributed by atoms with Crippen molar-refractivity contribution in [3.05, 3.63) is 45.4 Å². The van der Waals surface area contributed by atoms with Gasteiger partial charge in [-0.1, -0.05) is 15.9 Å². The second-order valence-corrected chi connectivity index (χ2v) is 5.82. The summed E-state index contributed by atoms with van der Waals surface area (Å²) in [5, 5.41) is 4.18. The lowest BCUT2D eigenvalue weighted by molar-refractivity contribution is 0.705. The lowest BCUT2D eigenvalue weighted by Gasteiger charge is -2.03. The summed E-state index contributed by atoms with van der Waals surface area (Å²) in [4.78, 5) is 3.24. The molecule has 2 aromatic heterocycles. The molecule has 98 valence electrons. The lowest BCUT2D eigenvalue weighted by Crippen LogP contribution is -2.00. The Morgan fingerprint density at radius 2 is 2.26 bits per heavy atom. The number of nitrogens with zero attached hydrogens (tertiary/aromatic N) is 3.